The van der Waals surface area contributed by atoms with E-state index in [0.29, 0.717) is 11.7 Å². The molecule has 6 heteroatoms. The monoisotopic (exact) mass is 432 g/mol. The number of imidazole rings is 1. The van der Waals surface area contributed by atoms with Crippen LogP contribution in [0, 0.1) is 0 Å². The second-order valence-electron chi connectivity index (χ2n) is 8.71. The summed E-state index contributed by atoms with van der Waals surface area (Å²) in [6.45, 7) is 4.38. The van der Waals surface area contributed by atoms with Gasteiger partial charge in [0.1, 0.15) is 17.2 Å². The number of benzene rings is 3. The molecule has 162 valence electrons. The Morgan fingerprint density at radius 1 is 0.758 bits per heavy atom. The molecule has 0 amide bonds. The van der Waals surface area contributed by atoms with E-state index < -0.39 is 0 Å². The van der Waals surface area contributed by atoms with Crippen LogP contribution in [0.5, 0.6) is 0 Å². The van der Waals surface area contributed by atoms with E-state index in [2.05, 4.69) is 48.7 Å². The van der Waals surface area contributed by atoms with E-state index in [9.17, 15) is 0 Å². The fraction of sp³-hybridized carbons (Fsp3) is 0.148. The highest BCUT2D eigenvalue weighted by molar-refractivity contribution is 6.02. The van der Waals surface area contributed by atoms with Gasteiger partial charge >= 0.3 is 0 Å². The summed E-state index contributed by atoms with van der Waals surface area (Å²) in [5, 5.41) is 0. The molecule has 0 radical (unpaired) electrons. The van der Waals surface area contributed by atoms with E-state index in [0.717, 1.165) is 50.3 Å². The Morgan fingerprint density at radius 2 is 1.39 bits per heavy atom. The average Bonchev–Trinajstić information content (AvgIpc) is 3.30. The lowest BCUT2D eigenvalue weighted by molar-refractivity contribution is 0.865. The van der Waals surface area contributed by atoms with E-state index in [1.807, 2.05) is 54.1 Å². The first kappa shape index (κ1) is 19.5. The van der Waals surface area contributed by atoms with Crippen molar-refractivity contribution < 1.29 is 0 Å². The van der Waals surface area contributed by atoms with Crippen LogP contribution in [-0.2, 0) is 7.05 Å². The molecule has 2 N–H and O–H groups in total. The zero-order chi connectivity index (χ0) is 22.7. The van der Waals surface area contributed by atoms with Gasteiger partial charge in [0.2, 0.25) is 0 Å². The molecule has 3 aromatic carbocycles. The number of anilines is 1. The van der Waals surface area contributed by atoms with Crippen molar-refractivity contribution >= 4 is 39.0 Å². The van der Waals surface area contributed by atoms with Gasteiger partial charge in [0.05, 0.1) is 27.6 Å². The quantitative estimate of drug-likeness (QED) is 0.382. The molecule has 0 atom stereocenters. The maximum Gasteiger partial charge on any atom is 0.166 e. The zero-order valence-electron chi connectivity index (χ0n) is 18.8. The number of fused-ring (bicyclic) bond motifs is 3. The predicted molar refractivity (Wildman–Crippen MR) is 135 cm³/mol. The summed E-state index contributed by atoms with van der Waals surface area (Å²) >= 11 is 0. The Balaban J connectivity index is 1.71. The summed E-state index contributed by atoms with van der Waals surface area (Å²) in [4.78, 5) is 14.9. The lowest BCUT2D eigenvalue weighted by Gasteiger charge is -2.10. The zero-order valence-corrected chi connectivity index (χ0v) is 18.8. The molecule has 33 heavy (non-hydrogen) atoms. The molecular weight excluding hydrogens is 408 g/mol. The summed E-state index contributed by atoms with van der Waals surface area (Å²) in [6, 6.07) is 24.5. The molecule has 0 aliphatic carbocycles. The van der Waals surface area contributed by atoms with E-state index in [1.165, 1.54) is 5.56 Å². The van der Waals surface area contributed by atoms with Crippen LogP contribution in [0.1, 0.15) is 25.3 Å². The van der Waals surface area contributed by atoms with Crippen molar-refractivity contribution in [1.82, 2.24) is 24.1 Å². The largest absolute Gasteiger partial charge is 0.384 e. The predicted octanol–water partition coefficient (Wildman–Crippen LogP) is 5.83. The minimum absolute atomic E-state index is 0.456. The van der Waals surface area contributed by atoms with Gasteiger partial charge in [-0.15, -0.1) is 0 Å². The minimum Gasteiger partial charge on any atom is -0.384 e. The highest BCUT2D eigenvalue weighted by Crippen LogP contribution is 2.38. The Labute approximate surface area is 191 Å². The first-order chi connectivity index (χ1) is 16.0. The number of aryl methyl sites for hydroxylation is 1. The van der Waals surface area contributed by atoms with Crippen LogP contribution in [0.25, 0.3) is 50.3 Å². The van der Waals surface area contributed by atoms with Gasteiger partial charge in [0.15, 0.2) is 5.65 Å². The number of hydrogen-bond donors (Lipinski definition) is 1. The van der Waals surface area contributed by atoms with Crippen molar-refractivity contribution in [2.45, 2.75) is 19.8 Å². The molecule has 0 aliphatic rings. The third-order valence-electron chi connectivity index (χ3n) is 6.33. The maximum atomic E-state index is 6.86. The van der Waals surface area contributed by atoms with Gasteiger partial charge < -0.3 is 10.3 Å². The van der Waals surface area contributed by atoms with E-state index in [4.69, 9.17) is 20.7 Å². The Hall–Kier alpha value is -4.19. The van der Waals surface area contributed by atoms with Crippen LogP contribution in [0.4, 0.5) is 5.82 Å². The molecule has 0 fully saturated rings. The first-order valence-corrected chi connectivity index (χ1v) is 11.1. The minimum atomic E-state index is 0.456. The van der Waals surface area contributed by atoms with Gasteiger partial charge in [0, 0.05) is 12.7 Å². The molecule has 3 aromatic heterocycles. The fourth-order valence-corrected chi connectivity index (χ4v) is 4.52. The normalized spacial score (nSPS) is 11.9. The second-order valence-corrected chi connectivity index (χ2v) is 8.71. The van der Waals surface area contributed by atoms with Gasteiger partial charge in [-0.1, -0.05) is 50.2 Å². The standard InChI is InChI=1S/C27H24N6/c1-16(2)17-12-14-18(15-13-17)33-25(28)23(26-31-21-10-6-7-11-22(21)32(26)3)24-27(33)30-20-9-5-4-8-19(20)29-24/h4-16H,28H2,1-3H3. The summed E-state index contributed by atoms with van der Waals surface area (Å²) in [6.07, 6.45) is 0. The number of para-hydroxylation sites is 4. The Bertz CT molecular complexity index is 1650. The second kappa shape index (κ2) is 7.17. The van der Waals surface area contributed by atoms with Gasteiger partial charge in [0.25, 0.3) is 0 Å². The van der Waals surface area contributed by atoms with Crippen LogP contribution in [0.15, 0.2) is 72.8 Å². The fourth-order valence-electron chi connectivity index (χ4n) is 4.52. The van der Waals surface area contributed by atoms with Crippen molar-refractivity contribution in [3.63, 3.8) is 0 Å². The summed E-state index contributed by atoms with van der Waals surface area (Å²) < 4.78 is 4.07. The number of nitrogens with two attached hydrogens (primary N) is 1. The number of nitrogen functional groups attached to an aromatic ring is 1. The molecule has 0 unspecified atom stereocenters. The van der Waals surface area contributed by atoms with Gasteiger partial charge in [-0.25, -0.2) is 15.0 Å². The third kappa shape index (κ3) is 2.91. The van der Waals surface area contributed by atoms with Crippen LogP contribution in [-0.4, -0.2) is 24.1 Å². The van der Waals surface area contributed by atoms with Gasteiger partial charge in [-0.3, -0.25) is 4.57 Å². The molecule has 3 heterocycles. The van der Waals surface area contributed by atoms with Crippen molar-refractivity contribution in [3.8, 4) is 17.1 Å². The van der Waals surface area contributed by atoms with Crippen LogP contribution in [0.2, 0.25) is 0 Å². The first-order valence-electron chi connectivity index (χ1n) is 11.1. The average molecular weight is 433 g/mol. The highest BCUT2D eigenvalue weighted by atomic mass is 15.1. The van der Waals surface area contributed by atoms with Crippen LogP contribution >= 0.6 is 0 Å². The molecule has 0 saturated carbocycles. The molecule has 0 bridgehead atoms. The number of nitrogens with zero attached hydrogens (tertiary/aromatic N) is 5. The lowest BCUT2D eigenvalue weighted by Crippen LogP contribution is -2.03. The summed E-state index contributed by atoms with van der Waals surface area (Å²) in [5.74, 6) is 1.81. The van der Waals surface area contributed by atoms with E-state index in [1.54, 1.807) is 0 Å². The van der Waals surface area contributed by atoms with Gasteiger partial charge in [-0.2, -0.15) is 0 Å². The number of hydrogen-bond acceptors (Lipinski definition) is 4. The SMILES string of the molecule is CC(C)c1ccc(-n2c(N)c(-c3nc4ccccc4n3C)c3nc4ccccc4nc32)cc1. The lowest BCUT2D eigenvalue weighted by atomic mass is 10.0. The maximum absolute atomic E-state index is 6.86. The molecule has 6 aromatic rings. The van der Waals surface area contributed by atoms with Crippen molar-refractivity contribution in [2.75, 3.05) is 5.73 Å². The molecule has 0 saturated heterocycles. The van der Waals surface area contributed by atoms with Crippen molar-refractivity contribution in [3.05, 3.63) is 78.4 Å². The van der Waals surface area contributed by atoms with Crippen molar-refractivity contribution in [1.29, 1.82) is 0 Å². The third-order valence-corrected chi connectivity index (χ3v) is 6.33. The smallest absolute Gasteiger partial charge is 0.166 e. The molecule has 0 aliphatic heterocycles. The number of rotatable bonds is 3. The molecule has 0 spiro atoms. The summed E-state index contributed by atoms with van der Waals surface area (Å²) in [5.41, 5.74) is 15.0. The van der Waals surface area contributed by atoms with E-state index >= 15 is 0 Å². The Kier molecular flexibility index (Phi) is 4.23. The van der Waals surface area contributed by atoms with Crippen LogP contribution < -0.4 is 5.73 Å². The topological polar surface area (TPSA) is 74.6 Å². The van der Waals surface area contributed by atoms with E-state index in [-0.39, 0.29) is 0 Å². The van der Waals surface area contributed by atoms with Gasteiger partial charge in [-0.05, 0) is 47.9 Å². The molecule has 6 rings (SSSR count). The highest BCUT2D eigenvalue weighted by Gasteiger charge is 2.24. The Morgan fingerprint density at radius 3 is 2.06 bits per heavy atom. The molecule has 6 nitrogen and oxygen atoms in total. The molecular formula is C27H24N6. The number of aromatic nitrogens is 5. The van der Waals surface area contributed by atoms with Crippen LogP contribution in [0.3, 0.4) is 0 Å². The summed E-state index contributed by atoms with van der Waals surface area (Å²) in [7, 11) is 2.01. The van der Waals surface area contributed by atoms with Crippen molar-refractivity contribution in [2.24, 2.45) is 7.05 Å².